The van der Waals surface area contributed by atoms with Gasteiger partial charge in [0.1, 0.15) is 0 Å². The van der Waals surface area contributed by atoms with Crippen LogP contribution in [-0.2, 0) is 0 Å². The summed E-state index contributed by atoms with van der Waals surface area (Å²) >= 11 is 6.15. The Morgan fingerprint density at radius 2 is 2.00 bits per heavy atom. The first-order chi connectivity index (χ1) is 7.68. The molecule has 2 fully saturated rings. The van der Waals surface area contributed by atoms with Crippen molar-refractivity contribution in [1.82, 2.24) is 0 Å². The minimum Gasteiger partial charge on any atom is -0.324 e. The van der Waals surface area contributed by atoms with E-state index >= 15 is 0 Å². The van der Waals surface area contributed by atoms with Crippen molar-refractivity contribution in [3.8, 4) is 0 Å². The lowest BCUT2D eigenvalue weighted by Gasteiger charge is -2.15. The monoisotopic (exact) mass is 235 g/mol. The molecule has 1 aromatic rings. The van der Waals surface area contributed by atoms with Crippen molar-refractivity contribution in [1.29, 1.82) is 0 Å². The second-order valence-electron chi connectivity index (χ2n) is 5.37. The highest BCUT2D eigenvalue weighted by atomic mass is 35.5. The Labute approximate surface area is 102 Å². The second-order valence-corrected chi connectivity index (χ2v) is 5.78. The Kier molecular flexibility index (Phi) is 2.49. The molecule has 0 heterocycles. The summed E-state index contributed by atoms with van der Waals surface area (Å²) in [6.45, 7) is 2.03. The third-order valence-electron chi connectivity index (χ3n) is 4.47. The van der Waals surface area contributed by atoms with Gasteiger partial charge in [-0.15, -0.1) is 0 Å². The predicted molar refractivity (Wildman–Crippen MR) is 67.4 cm³/mol. The topological polar surface area (TPSA) is 26.0 Å². The number of halogens is 1. The maximum Gasteiger partial charge on any atom is 0.0438 e. The Morgan fingerprint density at radius 1 is 1.31 bits per heavy atom. The van der Waals surface area contributed by atoms with Crippen molar-refractivity contribution >= 4 is 11.6 Å². The molecule has 3 atom stereocenters. The van der Waals surface area contributed by atoms with E-state index in [2.05, 4.69) is 18.2 Å². The third kappa shape index (κ3) is 1.57. The van der Waals surface area contributed by atoms with Crippen LogP contribution in [-0.4, -0.2) is 0 Å². The average Bonchev–Trinajstić information content (AvgIpc) is 2.74. The predicted octanol–water partition coefficient (Wildman–Crippen LogP) is 3.69. The number of nitrogens with two attached hydrogens (primary N) is 1. The van der Waals surface area contributed by atoms with E-state index in [9.17, 15) is 0 Å². The largest absolute Gasteiger partial charge is 0.324 e. The molecule has 2 aliphatic carbocycles. The molecule has 86 valence electrons. The number of benzene rings is 1. The summed E-state index contributed by atoms with van der Waals surface area (Å²) in [5, 5.41) is 0.846. The molecule has 0 bridgehead atoms. The second kappa shape index (κ2) is 3.75. The van der Waals surface area contributed by atoms with Crippen LogP contribution in [0.5, 0.6) is 0 Å². The highest BCUT2D eigenvalue weighted by molar-refractivity contribution is 6.31. The zero-order valence-corrected chi connectivity index (χ0v) is 10.4. The van der Waals surface area contributed by atoms with Crippen LogP contribution in [0.1, 0.15) is 36.4 Å². The lowest BCUT2D eigenvalue weighted by atomic mass is 9.97. The molecule has 2 N–H and O–H groups in total. The summed E-state index contributed by atoms with van der Waals surface area (Å²) in [4.78, 5) is 0. The van der Waals surface area contributed by atoms with Gasteiger partial charge in [-0.1, -0.05) is 30.2 Å². The Balaban J connectivity index is 1.79. The smallest absolute Gasteiger partial charge is 0.0438 e. The summed E-state index contributed by atoms with van der Waals surface area (Å²) in [6, 6.07) is 6.47. The van der Waals surface area contributed by atoms with Crippen molar-refractivity contribution in [2.75, 3.05) is 0 Å². The number of aryl methyl sites for hydroxylation is 1. The summed E-state index contributed by atoms with van der Waals surface area (Å²) in [7, 11) is 0. The normalized spacial score (nSPS) is 33.6. The molecule has 16 heavy (non-hydrogen) atoms. The molecule has 2 aliphatic rings. The lowest BCUT2D eigenvalue weighted by molar-refractivity contribution is 0.502. The van der Waals surface area contributed by atoms with Gasteiger partial charge in [0.25, 0.3) is 0 Å². The molecule has 0 aliphatic heterocycles. The van der Waals surface area contributed by atoms with Gasteiger partial charge in [0.2, 0.25) is 0 Å². The van der Waals surface area contributed by atoms with E-state index in [-0.39, 0.29) is 6.04 Å². The summed E-state index contributed by atoms with van der Waals surface area (Å²) in [5.74, 6) is 2.55. The Bertz CT molecular complexity index is 405. The first-order valence-electron chi connectivity index (χ1n) is 6.20. The van der Waals surface area contributed by atoms with Crippen LogP contribution in [0.15, 0.2) is 18.2 Å². The first-order valence-corrected chi connectivity index (χ1v) is 6.58. The van der Waals surface area contributed by atoms with Crippen LogP contribution in [0.25, 0.3) is 0 Å². The van der Waals surface area contributed by atoms with Gasteiger partial charge in [0, 0.05) is 11.1 Å². The van der Waals surface area contributed by atoms with Crippen molar-refractivity contribution in [3.05, 3.63) is 34.3 Å². The van der Waals surface area contributed by atoms with Gasteiger partial charge >= 0.3 is 0 Å². The van der Waals surface area contributed by atoms with Crippen LogP contribution in [0.4, 0.5) is 0 Å². The van der Waals surface area contributed by atoms with Crippen molar-refractivity contribution in [3.63, 3.8) is 0 Å². The number of hydrogen-bond donors (Lipinski definition) is 1. The molecule has 3 unspecified atom stereocenters. The fraction of sp³-hybridized carbons (Fsp3) is 0.571. The maximum absolute atomic E-state index is 6.35. The average molecular weight is 236 g/mol. The molecule has 2 saturated carbocycles. The van der Waals surface area contributed by atoms with Gasteiger partial charge in [0.15, 0.2) is 0 Å². The van der Waals surface area contributed by atoms with Gasteiger partial charge in [-0.3, -0.25) is 0 Å². The molecule has 0 spiro atoms. The SMILES string of the molecule is Cc1ccc(C(N)C2C3CCCC32)cc1Cl. The zero-order chi connectivity index (χ0) is 11.3. The van der Waals surface area contributed by atoms with Gasteiger partial charge in [0.05, 0.1) is 0 Å². The molecule has 1 nitrogen and oxygen atoms in total. The summed E-state index contributed by atoms with van der Waals surface area (Å²) in [6.07, 6.45) is 4.19. The third-order valence-corrected chi connectivity index (χ3v) is 4.88. The van der Waals surface area contributed by atoms with E-state index in [1.807, 2.05) is 6.92 Å². The van der Waals surface area contributed by atoms with Gasteiger partial charge in [-0.25, -0.2) is 0 Å². The highest BCUT2D eigenvalue weighted by Gasteiger charge is 2.55. The van der Waals surface area contributed by atoms with E-state index in [4.69, 9.17) is 17.3 Å². The molecular formula is C14H18ClN. The molecular weight excluding hydrogens is 218 g/mol. The van der Waals surface area contributed by atoms with E-state index in [0.29, 0.717) is 0 Å². The maximum atomic E-state index is 6.35. The van der Waals surface area contributed by atoms with Gasteiger partial charge < -0.3 is 5.73 Å². The van der Waals surface area contributed by atoms with Gasteiger partial charge in [-0.2, -0.15) is 0 Å². The molecule has 0 amide bonds. The zero-order valence-electron chi connectivity index (χ0n) is 9.62. The number of hydrogen-bond acceptors (Lipinski definition) is 1. The van der Waals surface area contributed by atoms with E-state index in [1.54, 1.807) is 0 Å². The number of rotatable bonds is 2. The minimum absolute atomic E-state index is 0.202. The van der Waals surface area contributed by atoms with Crippen molar-refractivity contribution in [2.45, 2.75) is 32.2 Å². The fourth-order valence-electron chi connectivity index (χ4n) is 3.45. The summed E-state index contributed by atoms with van der Waals surface area (Å²) < 4.78 is 0. The number of fused-ring (bicyclic) bond motifs is 1. The van der Waals surface area contributed by atoms with E-state index in [1.165, 1.54) is 24.8 Å². The molecule has 0 saturated heterocycles. The van der Waals surface area contributed by atoms with Crippen LogP contribution >= 0.6 is 11.6 Å². The van der Waals surface area contributed by atoms with E-state index < -0.39 is 0 Å². The lowest BCUT2D eigenvalue weighted by Crippen LogP contribution is -2.15. The van der Waals surface area contributed by atoms with Gasteiger partial charge in [-0.05, 0) is 54.7 Å². The molecule has 1 aromatic carbocycles. The van der Waals surface area contributed by atoms with Crippen LogP contribution in [0, 0.1) is 24.7 Å². The standard InChI is InChI=1S/C14H18ClN/c1-8-5-6-9(7-12(8)15)14(16)13-10-3-2-4-11(10)13/h5-7,10-11,13-14H,2-4,16H2,1H3. The van der Waals surface area contributed by atoms with Crippen molar-refractivity contribution in [2.24, 2.45) is 23.5 Å². The minimum atomic E-state index is 0.202. The molecule has 2 heteroatoms. The Hall–Kier alpha value is -0.530. The summed E-state index contributed by atoms with van der Waals surface area (Å²) in [5.41, 5.74) is 8.70. The molecule has 0 aromatic heterocycles. The van der Waals surface area contributed by atoms with Crippen LogP contribution < -0.4 is 5.73 Å². The molecule has 0 radical (unpaired) electrons. The van der Waals surface area contributed by atoms with Crippen molar-refractivity contribution < 1.29 is 0 Å². The highest BCUT2D eigenvalue weighted by Crippen LogP contribution is 2.61. The van der Waals surface area contributed by atoms with E-state index in [0.717, 1.165) is 28.3 Å². The van der Waals surface area contributed by atoms with Crippen LogP contribution in [0.3, 0.4) is 0 Å². The quantitative estimate of drug-likeness (QED) is 0.831. The fourth-order valence-corrected chi connectivity index (χ4v) is 3.64. The van der Waals surface area contributed by atoms with Crippen LogP contribution in [0.2, 0.25) is 5.02 Å². The first kappa shape index (κ1) is 10.6. The molecule has 3 rings (SSSR count). The Morgan fingerprint density at radius 3 is 2.62 bits per heavy atom.